The average molecular weight is 258 g/mol. The fraction of sp³-hybridized carbons (Fsp3) is 1.00. The topological polar surface area (TPSA) is 20.2 Å². The van der Waals surface area contributed by atoms with Crippen LogP contribution in [0.4, 0.5) is 0 Å². The van der Waals surface area contributed by atoms with Crippen molar-refractivity contribution in [1.82, 2.24) is 0 Å². The van der Waals surface area contributed by atoms with Gasteiger partial charge in [-0.05, 0) is 26.2 Å². The predicted molar refractivity (Wildman–Crippen MR) is 80.8 cm³/mol. The van der Waals surface area contributed by atoms with Gasteiger partial charge in [0, 0.05) is 6.42 Å². The molecule has 0 radical (unpaired) electrons. The van der Waals surface area contributed by atoms with E-state index in [-0.39, 0.29) is 6.10 Å². The summed E-state index contributed by atoms with van der Waals surface area (Å²) in [5.74, 6) is 0. The molecule has 1 atom stereocenters. The minimum absolute atomic E-state index is 0.146. The van der Waals surface area contributed by atoms with Crippen LogP contribution in [0.25, 0.3) is 0 Å². The van der Waals surface area contributed by atoms with E-state index < -0.39 is 0 Å². The maximum atomic E-state index is 9.58. The van der Waals surface area contributed by atoms with E-state index in [0.29, 0.717) is 0 Å². The first kappa shape index (κ1) is 17.9. The van der Waals surface area contributed by atoms with Crippen molar-refractivity contribution in [2.45, 2.75) is 78.7 Å². The molecule has 1 N–H and O–H groups in total. The fourth-order valence-corrected chi connectivity index (χ4v) is 2.61. The predicted octanol–water partition coefficient (Wildman–Crippen LogP) is 3.97. The van der Waals surface area contributed by atoms with Gasteiger partial charge in [0.1, 0.15) is 0 Å². The number of aliphatic hydroxyl groups is 1. The normalized spacial score (nSPS) is 13.8. The molecule has 0 fully saturated rings. The molecule has 2 nitrogen and oxygen atoms in total. The Morgan fingerprint density at radius 3 is 1.44 bits per heavy atom. The molecule has 0 aliphatic heterocycles. The zero-order valence-corrected chi connectivity index (χ0v) is 13.2. The number of hydrogen-bond donors (Lipinski definition) is 1. The number of aliphatic hydroxyl groups excluding tert-OH is 1. The van der Waals surface area contributed by atoms with Crippen molar-refractivity contribution >= 4 is 0 Å². The van der Waals surface area contributed by atoms with Crippen LogP contribution in [0, 0.1) is 0 Å². The summed E-state index contributed by atoms with van der Waals surface area (Å²) < 4.78 is 1.25. The number of unbranched alkanes of at least 4 members (excludes halogenated alkanes) is 3. The Hall–Kier alpha value is -0.0800. The smallest absolute Gasteiger partial charge is 0.0811 e. The van der Waals surface area contributed by atoms with Crippen LogP contribution in [0.3, 0.4) is 0 Å². The van der Waals surface area contributed by atoms with Crippen molar-refractivity contribution in [3.05, 3.63) is 0 Å². The van der Waals surface area contributed by atoms with E-state index in [0.717, 1.165) is 13.0 Å². The number of quaternary nitrogens is 1. The van der Waals surface area contributed by atoms with Crippen LogP contribution >= 0.6 is 0 Å². The Labute approximate surface area is 115 Å². The van der Waals surface area contributed by atoms with Crippen LogP contribution in [0.5, 0.6) is 0 Å². The van der Waals surface area contributed by atoms with Crippen LogP contribution in [-0.2, 0) is 0 Å². The Balaban J connectivity index is 4.51. The van der Waals surface area contributed by atoms with E-state index in [4.69, 9.17) is 0 Å². The minimum atomic E-state index is -0.146. The van der Waals surface area contributed by atoms with Crippen molar-refractivity contribution in [3.8, 4) is 0 Å². The number of hydrogen-bond acceptors (Lipinski definition) is 1. The summed E-state index contributed by atoms with van der Waals surface area (Å²) in [7, 11) is 0. The molecule has 2 heteroatoms. The lowest BCUT2D eigenvalue weighted by molar-refractivity contribution is -0.929. The molecule has 18 heavy (non-hydrogen) atoms. The third-order valence-electron chi connectivity index (χ3n) is 3.98. The quantitative estimate of drug-likeness (QED) is 0.525. The highest BCUT2D eigenvalue weighted by Gasteiger charge is 2.25. The maximum Gasteiger partial charge on any atom is 0.0811 e. The number of rotatable bonds is 12. The van der Waals surface area contributed by atoms with Gasteiger partial charge in [0.15, 0.2) is 0 Å². The molecule has 0 rings (SSSR count). The molecular weight excluding hydrogens is 222 g/mol. The summed E-state index contributed by atoms with van der Waals surface area (Å²) in [5.41, 5.74) is 0. The first-order valence-corrected chi connectivity index (χ1v) is 8.13. The Bertz CT molecular complexity index is 158. The Morgan fingerprint density at radius 2 is 1.17 bits per heavy atom. The first-order chi connectivity index (χ1) is 8.60. The molecule has 0 aromatic heterocycles. The van der Waals surface area contributed by atoms with Crippen molar-refractivity contribution in [1.29, 1.82) is 0 Å². The van der Waals surface area contributed by atoms with Gasteiger partial charge in [0.05, 0.1) is 32.3 Å². The van der Waals surface area contributed by atoms with Crippen molar-refractivity contribution < 1.29 is 9.59 Å². The molecular formula is C16H36NO+. The molecule has 0 bridgehead atoms. The minimum Gasteiger partial charge on any atom is -0.393 e. The Kier molecular flexibility index (Phi) is 10.8. The molecule has 0 saturated heterocycles. The van der Waals surface area contributed by atoms with Crippen molar-refractivity contribution in [2.75, 3.05) is 26.2 Å². The van der Waals surface area contributed by atoms with Gasteiger partial charge in [-0.15, -0.1) is 0 Å². The molecule has 1 unspecified atom stereocenters. The van der Waals surface area contributed by atoms with Gasteiger partial charge in [-0.25, -0.2) is 0 Å². The SMILES string of the molecule is CCCC[N+](CCCC)(CCCC)CCC(C)O. The summed E-state index contributed by atoms with van der Waals surface area (Å²) in [6.45, 7) is 13.9. The summed E-state index contributed by atoms with van der Waals surface area (Å²) in [6.07, 6.45) is 8.64. The molecule has 0 aliphatic rings. The lowest BCUT2D eigenvalue weighted by atomic mass is 10.1. The van der Waals surface area contributed by atoms with Crippen molar-refractivity contribution in [3.63, 3.8) is 0 Å². The molecule has 0 amide bonds. The van der Waals surface area contributed by atoms with Crippen molar-refractivity contribution in [2.24, 2.45) is 0 Å². The van der Waals surface area contributed by atoms with Gasteiger partial charge >= 0.3 is 0 Å². The van der Waals surface area contributed by atoms with Crippen LogP contribution in [0.15, 0.2) is 0 Å². The van der Waals surface area contributed by atoms with Gasteiger partial charge in [-0.1, -0.05) is 40.0 Å². The molecule has 0 saturated carbocycles. The highest BCUT2D eigenvalue weighted by Crippen LogP contribution is 2.16. The van der Waals surface area contributed by atoms with Gasteiger partial charge in [0.25, 0.3) is 0 Å². The molecule has 0 aromatic rings. The van der Waals surface area contributed by atoms with Gasteiger partial charge in [-0.2, -0.15) is 0 Å². The zero-order chi connectivity index (χ0) is 13.9. The molecule has 0 heterocycles. The summed E-state index contributed by atoms with van der Waals surface area (Å²) in [4.78, 5) is 0. The van der Waals surface area contributed by atoms with E-state index in [1.165, 1.54) is 62.6 Å². The zero-order valence-electron chi connectivity index (χ0n) is 13.2. The summed E-state index contributed by atoms with van der Waals surface area (Å²) in [6, 6.07) is 0. The van der Waals surface area contributed by atoms with Gasteiger partial charge in [-0.3, -0.25) is 0 Å². The maximum absolute atomic E-state index is 9.58. The second kappa shape index (κ2) is 10.8. The molecule has 0 aliphatic carbocycles. The van der Waals surface area contributed by atoms with Crippen LogP contribution in [0.1, 0.15) is 72.6 Å². The lowest BCUT2D eigenvalue weighted by Crippen LogP contribution is -2.51. The molecule has 0 aromatic carbocycles. The van der Waals surface area contributed by atoms with Crippen LogP contribution in [-0.4, -0.2) is 41.9 Å². The monoisotopic (exact) mass is 258 g/mol. The summed E-state index contributed by atoms with van der Waals surface area (Å²) in [5, 5.41) is 9.58. The van der Waals surface area contributed by atoms with E-state index >= 15 is 0 Å². The second-order valence-electron chi connectivity index (χ2n) is 5.93. The summed E-state index contributed by atoms with van der Waals surface area (Å²) >= 11 is 0. The van der Waals surface area contributed by atoms with E-state index in [1.54, 1.807) is 0 Å². The van der Waals surface area contributed by atoms with E-state index in [2.05, 4.69) is 20.8 Å². The van der Waals surface area contributed by atoms with Gasteiger partial charge in [0.2, 0.25) is 0 Å². The lowest BCUT2D eigenvalue weighted by Gasteiger charge is -2.39. The highest BCUT2D eigenvalue weighted by atomic mass is 16.3. The number of nitrogens with zero attached hydrogens (tertiary/aromatic N) is 1. The molecule has 0 spiro atoms. The largest absolute Gasteiger partial charge is 0.393 e. The standard InChI is InChI=1S/C16H36NO/c1-5-8-12-17(13-9-6-2,14-10-7-3)15-11-16(4)18/h16,18H,5-15H2,1-4H3/q+1. The molecule has 110 valence electrons. The van der Waals surface area contributed by atoms with Crippen LogP contribution < -0.4 is 0 Å². The van der Waals surface area contributed by atoms with E-state index in [9.17, 15) is 5.11 Å². The highest BCUT2D eigenvalue weighted by molar-refractivity contribution is 4.52. The second-order valence-corrected chi connectivity index (χ2v) is 5.93. The third-order valence-corrected chi connectivity index (χ3v) is 3.98. The first-order valence-electron chi connectivity index (χ1n) is 8.13. The fourth-order valence-electron chi connectivity index (χ4n) is 2.61. The van der Waals surface area contributed by atoms with E-state index in [1.807, 2.05) is 6.92 Å². The van der Waals surface area contributed by atoms with Crippen LogP contribution in [0.2, 0.25) is 0 Å². The third kappa shape index (κ3) is 8.10. The average Bonchev–Trinajstić information content (AvgIpc) is 2.37. The Morgan fingerprint density at radius 1 is 0.778 bits per heavy atom. The van der Waals surface area contributed by atoms with Gasteiger partial charge < -0.3 is 9.59 Å².